The van der Waals surface area contributed by atoms with Crippen molar-refractivity contribution in [2.75, 3.05) is 0 Å². The van der Waals surface area contributed by atoms with E-state index in [1.54, 1.807) is 6.07 Å². The van der Waals surface area contributed by atoms with E-state index in [-0.39, 0.29) is 5.82 Å². The molecule has 2 rings (SSSR count). The lowest BCUT2D eigenvalue weighted by Crippen LogP contribution is -2.36. The number of rotatable bonds is 3. The van der Waals surface area contributed by atoms with E-state index in [1.165, 1.54) is 12.1 Å². The average molecular weight is 221 g/mol. The minimum absolute atomic E-state index is 0.265. The van der Waals surface area contributed by atoms with Gasteiger partial charge in [0.25, 0.3) is 0 Å². The van der Waals surface area contributed by atoms with E-state index in [4.69, 9.17) is 5.73 Å². The van der Waals surface area contributed by atoms with E-state index in [9.17, 15) is 4.39 Å². The van der Waals surface area contributed by atoms with Crippen LogP contribution in [0.5, 0.6) is 0 Å². The van der Waals surface area contributed by atoms with Gasteiger partial charge in [0.1, 0.15) is 11.6 Å². The zero-order valence-corrected chi connectivity index (χ0v) is 9.55. The molecule has 3 nitrogen and oxygen atoms in total. The summed E-state index contributed by atoms with van der Waals surface area (Å²) in [5.41, 5.74) is 7.24. The third-order valence-electron chi connectivity index (χ3n) is 3.18. The summed E-state index contributed by atoms with van der Waals surface area (Å²) in [6, 6.07) is 4.51. The number of imidazole rings is 1. The third kappa shape index (κ3) is 1.69. The van der Waals surface area contributed by atoms with Crippen LogP contribution in [0, 0.1) is 5.82 Å². The molecular weight excluding hydrogens is 205 g/mol. The topological polar surface area (TPSA) is 54.7 Å². The molecule has 0 saturated heterocycles. The van der Waals surface area contributed by atoms with Gasteiger partial charge in [0, 0.05) is 0 Å². The highest BCUT2D eigenvalue weighted by Crippen LogP contribution is 2.25. The maximum Gasteiger partial charge on any atom is 0.127 e. The average Bonchev–Trinajstić information content (AvgIpc) is 2.71. The third-order valence-corrected chi connectivity index (χ3v) is 3.18. The van der Waals surface area contributed by atoms with E-state index in [2.05, 4.69) is 9.97 Å². The quantitative estimate of drug-likeness (QED) is 0.837. The molecule has 0 radical (unpaired) electrons. The van der Waals surface area contributed by atoms with Crippen molar-refractivity contribution in [1.29, 1.82) is 0 Å². The van der Waals surface area contributed by atoms with Gasteiger partial charge in [0.15, 0.2) is 0 Å². The molecule has 1 aromatic heterocycles. The first-order valence-corrected chi connectivity index (χ1v) is 5.53. The number of fused-ring (bicyclic) bond motifs is 1. The number of aromatic nitrogens is 2. The number of hydrogen-bond acceptors (Lipinski definition) is 2. The predicted molar refractivity (Wildman–Crippen MR) is 62.5 cm³/mol. The molecule has 0 amide bonds. The van der Waals surface area contributed by atoms with E-state index in [0.717, 1.165) is 24.2 Å². The Morgan fingerprint density at radius 2 is 2.06 bits per heavy atom. The van der Waals surface area contributed by atoms with Crippen molar-refractivity contribution in [2.24, 2.45) is 5.73 Å². The maximum atomic E-state index is 13.0. The number of nitrogens with two attached hydrogens (primary N) is 1. The largest absolute Gasteiger partial charge is 0.340 e. The van der Waals surface area contributed by atoms with Gasteiger partial charge in [0.05, 0.1) is 16.6 Å². The van der Waals surface area contributed by atoms with Gasteiger partial charge in [-0.15, -0.1) is 0 Å². The fraction of sp³-hybridized carbons (Fsp3) is 0.417. The lowest BCUT2D eigenvalue weighted by Gasteiger charge is -2.23. The number of benzene rings is 1. The summed E-state index contributed by atoms with van der Waals surface area (Å²) in [6.45, 7) is 4.05. The summed E-state index contributed by atoms with van der Waals surface area (Å²) < 4.78 is 13.0. The van der Waals surface area contributed by atoms with Crippen LogP contribution >= 0.6 is 0 Å². The van der Waals surface area contributed by atoms with Crippen molar-refractivity contribution in [1.82, 2.24) is 9.97 Å². The standard InChI is InChI=1S/C12H16FN3/c1-3-12(14,4-2)11-15-9-6-5-8(13)7-10(9)16-11/h5-7H,3-4,14H2,1-2H3,(H,15,16). The van der Waals surface area contributed by atoms with Crippen LogP contribution in [0.25, 0.3) is 11.0 Å². The van der Waals surface area contributed by atoms with E-state index in [1.807, 2.05) is 13.8 Å². The van der Waals surface area contributed by atoms with Crippen molar-refractivity contribution in [3.05, 3.63) is 29.8 Å². The Morgan fingerprint density at radius 3 is 2.69 bits per heavy atom. The second-order valence-electron chi connectivity index (χ2n) is 4.11. The van der Waals surface area contributed by atoms with Crippen molar-refractivity contribution >= 4 is 11.0 Å². The van der Waals surface area contributed by atoms with Crippen molar-refractivity contribution in [3.63, 3.8) is 0 Å². The number of nitrogens with one attached hydrogen (secondary N) is 1. The molecule has 0 saturated carbocycles. The lowest BCUT2D eigenvalue weighted by atomic mass is 9.93. The van der Waals surface area contributed by atoms with Gasteiger partial charge >= 0.3 is 0 Å². The highest BCUT2D eigenvalue weighted by Gasteiger charge is 2.26. The Hall–Kier alpha value is -1.42. The smallest absolute Gasteiger partial charge is 0.127 e. The molecular formula is C12H16FN3. The van der Waals surface area contributed by atoms with Gasteiger partial charge in [-0.3, -0.25) is 0 Å². The number of hydrogen-bond donors (Lipinski definition) is 2. The van der Waals surface area contributed by atoms with Crippen LogP contribution in [-0.4, -0.2) is 9.97 Å². The number of aromatic amines is 1. The molecule has 0 aliphatic rings. The maximum absolute atomic E-state index is 13.0. The summed E-state index contributed by atoms with van der Waals surface area (Å²) >= 11 is 0. The molecule has 0 bridgehead atoms. The molecule has 0 aliphatic heterocycles. The minimum Gasteiger partial charge on any atom is -0.340 e. The second kappa shape index (κ2) is 3.87. The molecule has 0 unspecified atom stereocenters. The van der Waals surface area contributed by atoms with E-state index >= 15 is 0 Å². The van der Waals surface area contributed by atoms with Crippen LogP contribution in [0.15, 0.2) is 18.2 Å². The van der Waals surface area contributed by atoms with Gasteiger partial charge < -0.3 is 10.7 Å². The van der Waals surface area contributed by atoms with Crippen LogP contribution in [0.3, 0.4) is 0 Å². The molecule has 0 fully saturated rings. The monoisotopic (exact) mass is 221 g/mol. The molecule has 2 aromatic rings. The molecule has 16 heavy (non-hydrogen) atoms. The normalized spacial score (nSPS) is 12.2. The fourth-order valence-electron chi connectivity index (χ4n) is 1.80. The van der Waals surface area contributed by atoms with E-state index in [0.29, 0.717) is 5.52 Å². The molecule has 1 aromatic carbocycles. The zero-order chi connectivity index (χ0) is 11.8. The van der Waals surface area contributed by atoms with Gasteiger partial charge in [0.2, 0.25) is 0 Å². The van der Waals surface area contributed by atoms with Gasteiger partial charge in [-0.25, -0.2) is 9.37 Å². The second-order valence-corrected chi connectivity index (χ2v) is 4.11. The number of halogens is 1. The Balaban J connectivity index is 2.54. The molecule has 3 N–H and O–H groups in total. The van der Waals surface area contributed by atoms with Crippen LogP contribution in [0.1, 0.15) is 32.5 Å². The first-order chi connectivity index (χ1) is 7.59. The highest BCUT2D eigenvalue weighted by atomic mass is 19.1. The first kappa shape index (κ1) is 11.1. The van der Waals surface area contributed by atoms with Gasteiger partial charge in [-0.2, -0.15) is 0 Å². The van der Waals surface area contributed by atoms with Crippen LogP contribution in [0.4, 0.5) is 4.39 Å². The summed E-state index contributed by atoms with van der Waals surface area (Å²) in [6.07, 6.45) is 1.59. The van der Waals surface area contributed by atoms with Crippen molar-refractivity contribution < 1.29 is 4.39 Å². The van der Waals surface area contributed by atoms with Crippen LogP contribution in [0.2, 0.25) is 0 Å². The SMILES string of the molecule is CCC(N)(CC)c1nc2ccc(F)cc2[nH]1. The summed E-state index contributed by atoms with van der Waals surface area (Å²) in [5, 5.41) is 0. The Morgan fingerprint density at radius 1 is 1.38 bits per heavy atom. The van der Waals surface area contributed by atoms with Gasteiger partial charge in [-0.05, 0) is 31.0 Å². The fourth-order valence-corrected chi connectivity index (χ4v) is 1.80. The molecule has 86 valence electrons. The van der Waals surface area contributed by atoms with Crippen molar-refractivity contribution in [2.45, 2.75) is 32.2 Å². The van der Waals surface area contributed by atoms with Crippen molar-refractivity contribution in [3.8, 4) is 0 Å². The molecule has 4 heteroatoms. The Kier molecular flexibility index (Phi) is 2.68. The molecule has 1 heterocycles. The Bertz CT molecular complexity index is 500. The summed E-state index contributed by atoms with van der Waals surface area (Å²) in [7, 11) is 0. The highest BCUT2D eigenvalue weighted by molar-refractivity contribution is 5.75. The molecule has 0 aliphatic carbocycles. The molecule has 0 atom stereocenters. The van der Waals surface area contributed by atoms with Gasteiger partial charge in [-0.1, -0.05) is 13.8 Å². The Labute approximate surface area is 93.9 Å². The predicted octanol–water partition coefficient (Wildman–Crippen LogP) is 2.68. The summed E-state index contributed by atoms with van der Waals surface area (Å²) in [4.78, 5) is 7.52. The lowest BCUT2D eigenvalue weighted by molar-refractivity contribution is 0.392. The van der Waals surface area contributed by atoms with E-state index < -0.39 is 5.54 Å². The zero-order valence-electron chi connectivity index (χ0n) is 9.55. The summed E-state index contributed by atoms with van der Waals surface area (Å²) in [5.74, 6) is 0.469. The number of H-pyrrole nitrogens is 1. The number of nitrogens with zero attached hydrogens (tertiary/aromatic N) is 1. The minimum atomic E-state index is -0.449. The first-order valence-electron chi connectivity index (χ1n) is 5.53. The molecule has 0 spiro atoms. The van der Waals surface area contributed by atoms with Crippen LogP contribution < -0.4 is 5.73 Å². The van der Waals surface area contributed by atoms with Crippen LogP contribution in [-0.2, 0) is 5.54 Å².